The second-order valence-electron chi connectivity index (χ2n) is 7.06. The van der Waals surface area contributed by atoms with Crippen molar-refractivity contribution in [3.8, 4) is 0 Å². The van der Waals surface area contributed by atoms with Crippen LogP contribution >= 0.6 is 36.0 Å². The molecule has 2 aromatic carbocycles. The number of carbonyl (C=O) groups excluding carboxylic acids is 1. The number of allylic oxidation sites excluding steroid dienone is 1. The molecule has 1 heterocycles. The van der Waals surface area contributed by atoms with Gasteiger partial charge in [-0.15, -0.1) is 0 Å². The smallest absolute Gasteiger partial charge is 0.336 e. The third-order valence-corrected chi connectivity index (χ3v) is 5.64. The summed E-state index contributed by atoms with van der Waals surface area (Å²) in [5.41, 5.74) is 3.56. The van der Waals surface area contributed by atoms with Crippen LogP contribution in [0.1, 0.15) is 30.4 Å². The molecular formula is C24H21Cl2N3O3S. The van der Waals surface area contributed by atoms with Crippen LogP contribution in [0.25, 0.3) is 5.57 Å². The van der Waals surface area contributed by atoms with Crippen LogP contribution in [0.2, 0.25) is 10.0 Å². The first kappa shape index (κ1) is 24.6. The van der Waals surface area contributed by atoms with Gasteiger partial charge in [0.15, 0.2) is 0 Å². The normalized spacial score (nSPS) is 11.2. The van der Waals surface area contributed by atoms with Crippen molar-refractivity contribution in [2.75, 3.05) is 9.62 Å². The molecule has 0 saturated heterocycles. The number of amides is 2. The second-order valence-corrected chi connectivity index (χ2v) is 8.31. The number of carbonyl (C=O) groups is 2. The average Bonchev–Trinajstić information content (AvgIpc) is 2.81. The van der Waals surface area contributed by atoms with Crippen LogP contribution in [0.15, 0.2) is 73.1 Å². The lowest BCUT2D eigenvalue weighted by Crippen LogP contribution is -2.26. The van der Waals surface area contributed by atoms with Gasteiger partial charge in [0.05, 0.1) is 16.4 Å². The first-order valence-corrected chi connectivity index (χ1v) is 11.2. The number of nitrogens with one attached hydrogen (secondary N) is 1. The molecule has 3 aromatic rings. The number of carboxylic acid groups (broad SMARTS) is 1. The lowest BCUT2D eigenvalue weighted by atomic mass is 9.97. The topological polar surface area (TPSA) is 82.5 Å². The maximum absolute atomic E-state index is 12.7. The molecule has 0 aliphatic carbocycles. The molecule has 0 spiro atoms. The van der Waals surface area contributed by atoms with E-state index in [1.807, 2.05) is 36.4 Å². The Labute approximate surface area is 207 Å². The van der Waals surface area contributed by atoms with Crippen LogP contribution in [0.5, 0.6) is 0 Å². The van der Waals surface area contributed by atoms with E-state index in [-0.39, 0.29) is 6.42 Å². The number of benzene rings is 2. The number of hydrogen-bond acceptors (Lipinski definition) is 4. The molecule has 1 aromatic heterocycles. The van der Waals surface area contributed by atoms with Crippen LogP contribution in [0.4, 0.5) is 16.2 Å². The number of rotatable bonds is 8. The van der Waals surface area contributed by atoms with Gasteiger partial charge in [0.2, 0.25) is 0 Å². The summed E-state index contributed by atoms with van der Waals surface area (Å²) in [6, 6.07) is 15.4. The second kappa shape index (κ2) is 11.7. The zero-order chi connectivity index (χ0) is 23.8. The van der Waals surface area contributed by atoms with Crippen molar-refractivity contribution in [3.05, 3.63) is 94.2 Å². The van der Waals surface area contributed by atoms with Gasteiger partial charge >= 0.3 is 12.0 Å². The summed E-state index contributed by atoms with van der Waals surface area (Å²) < 4.78 is 1.18. The summed E-state index contributed by atoms with van der Waals surface area (Å²) in [5.74, 6) is -0.828. The zero-order valence-corrected chi connectivity index (χ0v) is 19.8. The Bertz CT molecular complexity index is 1170. The van der Waals surface area contributed by atoms with E-state index >= 15 is 0 Å². The van der Waals surface area contributed by atoms with Gasteiger partial charge in [-0.3, -0.25) is 9.78 Å². The fraction of sp³-hybridized carbons (Fsp3) is 0.125. The molecule has 3 rings (SSSR count). The van der Waals surface area contributed by atoms with Gasteiger partial charge in [-0.2, -0.15) is 0 Å². The molecule has 0 aliphatic rings. The van der Waals surface area contributed by atoms with E-state index in [0.717, 1.165) is 16.7 Å². The third-order valence-electron chi connectivity index (χ3n) is 4.68. The van der Waals surface area contributed by atoms with Gasteiger partial charge in [0.1, 0.15) is 0 Å². The summed E-state index contributed by atoms with van der Waals surface area (Å²) in [6.07, 6.45) is 6.60. The minimum Gasteiger partial charge on any atom is -0.481 e. The monoisotopic (exact) mass is 501 g/mol. The van der Waals surface area contributed by atoms with E-state index in [1.54, 1.807) is 30.6 Å². The highest BCUT2D eigenvalue weighted by Gasteiger charge is 2.15. The molecule has 2 N–H and O–H groups in total. The van der Waals surface area contributed by atoms with Gasteiger partial charge in [0.25, 0.3) is 0 Å². The number of nitrogens with zero attached hydrogens (tertiary/aromatic N) is 2. The average molecular weight is 502 g/mol. The fourth-order valence-electron chi connectivity index (χ4n) is 3.11. The van der Waals surface area contributed by atoms with Gasteiger partial charge < -0.3 is 10.4 Å². The number of urea groups is 1. The summed E-state index contributed by atoms with van der Waals surface area (Å²) in [7, 11) is 0. The van der Waals surface area contributed by atoms with Crippen LogP contribution in [-0.2, 0) is 4.79 Å². The number of thiol groups is 1. The van der Waals surface area contributed by atoms with Crippen molar-refractivity contribution in [2.45, 2.75) is 19.3 Å². The van der Waals surface area contributed by atoms with Gasteiger partial charge in [0, 0.05) is 29.4 Å². The lowest BCUT2D eigenvalue weighted by Gasteiger charge is -2.19. The number of pyridine rings is 1. The number of aromatic nitrogens is 1. The molecule has 0 atom stereocenters. The maximum Gasteiger partial charge on any atom is 0.336 e. The van der Waals surface area contributed by atoms with Crippen LogP contribution in [0.3, 0.4) is 0 Å². The molecule has 0 radical (unpaired) electrons. The highest BCUT2D eigenvalue weighted by molar-refractivity contribution is 7.82. The van der Waals surface area contributed by atoms with Gasteiger partial charge in [-0.1, -0.05) is 60.3 Å². The molecule has 33 heavy (non-hydrogen) atoms. The number of hydrogen-bond donors (Lipinski definition) is 3. The Kier molecular flexibility index (Phi) is 8.77. The third kappa shape index (κ3) is 6.99. The Morgan fingerprint density at radius 3 is 2.58 bits per heavy atom. The zero-order valence-electron chi connectivity index (χ0n) is 17.4. The molecule has 9 heteroatoms. The Morgan fingerprint density at radius 1 is 1.09 bits per heavy atom. The van der Waals surface area contributed by atoms with Crippen molar-refractivity contribution in [1.82, 2.24) is 4.98 Å². The van der Waals surface area contributed by atoms with E-state index in [0.29, 0.717) is 34.3 Å². The van der Waals surface area contributed by atoms with Crippen molar-refractivity contribution >= 4 is 65.0 Å². The number of carboxylic acids is 1. The SMILES string of the molecule is O=C(O)CCCC=C(c1cccnc1)c1cccc(N(S)C(=O)Nc2ccc(Cl)cc2Cl)c1. The molecule has 6 nitrogen and oxygen atoms in total. The Morgan fingerprint density at radius 2 is 1.88 bits per heavy atom. The van der Waals surface area contributed by atoms with Crippen LogP contribution < -0.4 is 9.62 Å². The number of anilines is 2. The molecule has 0 aliphatic heterocycles. The minimum absolute atomic E-state index is 0.0920. The molecule has 0 unspecified atom stereocenters. The Balaban J connectivity index is 1.84. The number of unbranched alkanes of at least 4 members (excludes halogenated alkanes) is 1. The highest BCUT2D eigenvalue weighted by atomic mass is 35.5. The van der Waals surface area contributed by atoms with Crippen molar-refractivity contribution in [2.24, 2.45) is 0 Å². The molecular weight excluding hydrogens is 481 g/mol. The van der Waals surface area contributed by atoms with Crippen LogP contribution in [0, 0.1) is 0 Å². The predicted octanol–water partition coefficient (Wildman–Crippen LogP) is 6.96. The maximum atomic E-state index is 12.7. The number of aliphatic carboxylic acids is 1. The van der Waals surface area contributed by atoms with E-state index in [4.69, 9.17) is 28.3 Å². The molecule has 0 saturated carbocycles. The van der Waals surface area contributed by atoms with E-state index < -0.39 is 12.0 Å². The predicted molar refractivity (Wildman–Crippen MR) is 136 cm³/mol. The van der Waals surface area contributed by atoms with E-state index in [1.165, 1.54) is 10.4 Å². The van der Waals surface area contributed by atoms with Gasteiger partial charge in [-0.05, 0) is 60.4 Å². The van der Waals surface area contributed by atoms with E-state index in [2.05, 4.69) is 23.1 Å². The largest absolute Gasteiger partial charge is 0.481 e. The fourth-order valence-corrected chi connectivity index (χ4v) is 3.74. The minimum atomic E-state index is -0.828. The first-order valence-electron chi connectivity index (χ1n) is 10.0. The molecule has 170 valence electrons. The number of halogens is 2. The van der Waals surface area contributed by atoms with E-state index in [9.17, 15) is 9.59 Å². The summed E-state index contributed by atoms with van der Waals surface area (Å²) in [6.45, 7) is 0. The van der Waals surface area contributed by atoms with Crippen LogP contribution in [-0.4, -0.2) is 22.1 Å². The standard InChI is InChI=1S/C24H21Cl2N3O3S/c25-18-10-11-22(21(26)14-18)28-24(32)29(33)19-7-3-5-16(13-19)20(8-1-2-9-23(30)31)17-6-4-12-27-15-17/h3-8,10-15,33H,1-2,9H2,(H,28,32)(H,30,31). The van der Waals surface area contributed by atoms with Crippen molar-refractivity contribution in [1.29, 1.82) is 0 Å². The summed E-state index contributed by atoms with van der Waals surface area (Å²) >= 11 is 16.4. The molecule has 2 amide bonds. The summed E-state index contributed by atoms with van der Waals surface area (Å²) in [5, 5.41) is 12.4. The van der Waals surface area contributed by atoms with Crippen molar-refractivity contribution < 1.29 is 14.7 Å². The molecule has 0 bridgehead atoms. The molecule has 0 fully saturated rings. The first-order chi connectivity index (χ1) is 15.8. The summed E-state index contributed by atoms with van der Waals surface area (Å²) in [4.78, 5) is 27.8. The lowest BCUT2D eigenvalue weighted by molar-refractivity contribution is -0.137. The van der Waals surface area contributed by atoms with Crippen molar-refractivity contribution in [3.63, 3.8) is 0 Å². The quantitative estimate of drug-likeness (QED) is 0.230. The van der Waals surface area contributed by atoms with Gasteiger partial charge in [-0.25, -0.2) is 9.10 Å². The highest BCUT2D eigenvalue weighted by Crippen LogP contribution is 2.30. The Hall–Kier alpha value is -3.00.